The summed E-state index contributed by atoms with van der Waals surface area (Å²) in [5.74, 6) is -0.516. The zero-order valence-corrected chi connectivity index (χ0v) is 18.4. The Morgan fingerprint density at radius 3 is 2.67 bits per heavy atom. The van der Waals surface area contributed by atoms with Crippen molar-refractivity contribution in [3.05, 3.63) is 93.9 Å². The molecule has 0 saturated heterocycles. The van der Waals surface area contributed by atoms with E-state index in [4.69, 9.17) is 23.1 Å². The highest BCUT2D eigenvalue weighted by Gasteiger charge is 2.15. The number of anilines is 1. The number of pyridine rings is 2. The van der Waals surface area contributed by atoms with Crippen LogP contribution in [0, 0.1) is 0 Å². The lowest BCUT2D eigenvalue weighted by molar-refractivity contribution is 0.100. The number of primary amides is 1. The lowest BCUT2D eigenvalue weighted by Gasteiger charge is -2.13. The predicted octanol–water partition coefficient (Wildman–Crippen LogP) is 3.01. The molecule has 0 radical (unpaired) electrons. The van der Waals surface area contributed by atoms with Gasteiger partial charge >= 0.3 is 0 Å². The number of nitrogens with two attached hydrogens (primary N) is 2. The van der Waals surface area contributed by atoms with Crippen LogP contribution in [0.15, 0.2) is 72.0 Å². The van der Waals surface area contributed by atoms with Gasteiger partial charge in [0, 0.05) is 24.3 Å². The molecule has 0 aliphatic heterocycles. The number of carbonyl (C=O) groups excluding carboxylic acids is 1. The summed E-state index contributed by atoms with van der Waals surface area (Å²) in [6.45, 7) is 2.03. The molecule has 4 heterocycles. The molecule has 0 fully saturated rings. The zero-order valence-electron chi connectivity index (χ0n) is 17.6. The van der Waals surface area contributed by atoms with Gasteiger partial charge in [-0.3, -0.25) is 19.1 Å². The molecule has 0 aliphatic carbocycles. The molecule has 10 heteroatoms. The first kappa shape index (κ1) is 22.0. The van der Waals surface area contributed by atoms with Crippen LogP contribution in [0.3, 0.4) is 0 Å². The van der Waals surface area contributed by atoms with Gasteiger partial charge in [-0.25, -0.2) is 9.50 Å². The molecule has 0 saturated carbocycles. The summed E-state index contributed by atoms with van der Waals surface area (Å²) in [5.41, 5.74) is 12.7. The normalized spacial score (nSPS) is 10.7. The van der Waals surface area contributed by atoms with Crippen LogP contribution in [0.1, 0.15) is 23.0 Å². The number of aromatic nitrogens is 5. The second kappa shape index (κ2) is 9.09. The van der Waals surface area contributed by atoms with Crippen molar-refractivity contribution in [3.63, 3.8) is 0 Å². The average Bonchev–Trinajstić information content (AvgIpc) is 3.15. The van der Waals surface area contributed by atoms with Crippen molar-refractivity contribution in [2.24, 2.45) is 5.73 Å². The fraction of sp³-hybridized carbons (Fsp3) is 0.0870. The summed E-state index contributed by atoms with van der Waals surface area (Å²) < 4.78 is 3.09. The summed E-state index contributed by atoms with van der Waals surface area (Å²) in [5, 5.41) is 5.77. The smallest absolute Gasteiger partial charge is 0.264 e. The fourth-order valence-electron chi connectivity index (χ4n) is 3.54. The molecule has 5 aromatic rings. The number of carbonyl (C=O) groups is 1. The van der Waals surface area contributed by atoms with Gasteiger partial charge in [-0.2, -0.15) is 0 Å². The summed E-state index contributed by atoms with van der Waals surface area (Å²) in [7, 11) is 0. The third-order valence-corrected chi connectivity index (χ3v) is 5.32. The number of nitrogen functional groups attached to an aromatic ring is 1. The molecule has 9 nitrogen and oxygen atoms in total. The number of hydrogen-bond donors (Lipinski definition) is 2. The molecule has 5 rings (SSSR count). The van der Waals surface area contributed by atoms with E-state index in [1.165, 1.54) is 4.52 Å². The molecule has 0 bridgehead atoms. The van der Waals surface area contributed by atoms with Gasteiger partial charge in [0.2, 0.25) is 0 Å². The summed E-state index contributed by atoms with van der Waals surface area (Å²) in [6.07, 6.45) is 7.32. The van der Waals surface area contributed by atoms with Gasteiger partial charge in [-0.05, 0) is 42.1 Å². The highest BCUT2D eigenvalue weighted by atomic mass is 35.5. The van der Waals surface area contributed by atoms with Crippen molar-refractivity contribution in [2.45, 2.75) is 13.3 Å². The van der Waals surface area contributed by atoms with E-state index in [1.807, 2.05) is 37.3 Å². The Hall–Kier alpha value is -4.24. The number of nitrogens with zero attached hydrogens (tertiary/aromatic N) is 5. The van der Waals surface area contributed by atoms with Crippen LogP contribution in [0.2, 0.25) is 5.02 Å². The van der Waals surface area contributed by atoms with Gasteiger partial charge in [0.15, 0.2) is 11.5 Å². The molecular formula is C23H20ClN7O2. The van der Waals surface area contributed by atoms with Gasteiger partial charge in [0.1, 0.15) is 5.56 Å². The van der Waals surface area contributed by atoms with Crippen LogP contribution < -0.4 is 17.0 Å². The summed E-state index contributed by atoms with van der Waals surface area (Å²) in [4.78, 5) is 31.8. The highest BCUT2D eigenvalue weighted by Crippen LogP contribution is 2.22. The van der Waals surface area contributed by atoms with Crippen molar-refractivity contribution < 1.29 is 4.79 Å². The van der Waals surface area contributed by atoms with Crippen LogP contribution in [-0.4, -0.2) is 30.1 Å². The highest BCUT2D eigenvalue weighted by molar-refractivity contribution is 6.35. The Labute approximate surface area is 193 Å². The van der Waals surface area contributed by atoms with E-state index in [2.05, 4.69) is 15.1 Å². The molecule has 166 valence electrons. The lowest BCUT2D eigenvalue weighted by Crippen LogP contribution is -2.22. The van der Waals surface area contributed by atoms with Crippen LogP contribution in [-0.2, 0) is 6.42 Å². The number of rotatable bonds is 3. The van der Waals surface area contributed by atoms with E-state index < -0.39 is 5.91 Å². The third-order valence-electron chi connectivity index (χ3n) is 5.01. The van der Waals surface area contributed by atoms with Crippen LogP contribution in [0.5, 0.6) is 0 Å². The van der Waals surface area contributed by atoms with Crippen molar-refractivity contribution in [1.29, 1.82) is 0 Å². The Bertz CT molecular complexity index is 1530. The van der Waals surface area contributed by atoms with Gasteiger partial charge in [-0.1, -0.05) is 30.7 Å². The Morgan fingerprint density at radius 1 is 1.15 bits per heavy atom. The number of benzene rings is 1. The molecule has 0 unspecified atom stereocenters. The summed E-state index contributed by atoms with van der Waals surface area (Å²) >= 11 is 6.19. The predicted molar refractivity (Wildman–Crippen MR) is 128 cm³/mol. The Morgan fingerprint density at radius 2 is 1.97 bits per heavy atom. The number of hydrogen-bond acceptors (Lipinski definition) is 6. The second-order valence-corrected chi connectivity index (χ2v) is 7.46. The van der Waals surface area contributed by atoms with Crippen molar-refractivity contribution in [3.8, 4) is 5.69 Å². The molecule has 1 aromatic carbocycles. The zero-order chi connectivity index (χ0) is 23.5. The Kier molecular flexibility index (Phi) is 6.05. The van der Waals surface area contributed by atoms with E-state index in [-0.39, 0.29) is 16.9 Å². The standard InChI is InChI=1S/C16H13ClN2O.C7H7N5O/c1-2-12-9-11-5-3-7-14(17)15(11)16(20)19(12)13-6-4-8-18-10-13;8-5-4(6(9)13)7-10-2-1-3-12(7)11-5/h3-10H,2H2,1H3;1-3H,(H2,8,11)(H2,9,13). The topological polar surface area (TPSA) is 134 Å². The van der Waals surface area contributed by atoms with Crippen molar-refractivity contribution in [2.75, 3.05) is 5.73 Å². The molecule has 0 atom stereocenters. The van der Waals surface area contributed by atoms with Gasteiger partial charge in [0.25, 0.3) is 11.5 Å². The molecule has 4 N–H and O–H groups in total. The van der Waals surface area contributed by atoms with Gasteiger partial charge in [0.05, 0.1) is 22.3 Å². The Balaban J connectivity index is 0.000000172. The maximum absolute atomic E-state index is 12.8. The molecule has 1 amide bonds. The SMILES string of the molecule is CCc1cc2cccc(Cl)c2c(=O)n1-c1cccnc1.NC(=O)c1c(N)nn2cccnc12. The van der Waals surface area contributed by atoms with Gasteiger partial charge in [-0.15, -0.1) is 5.10 Å². The third kappa shape index (κ3) is 4.13. The number of aryl methyl sites for hydroxylation is 1. The number of halogens is 1. The van der Waals surface area contributed by atoms with Gasteiger partial charge < -0.3 is 11.5 Å². The van der Waals surface area contributed by atoms with E-state index in [0.29, 0.717) is 16.1 Å². The first-order valence-corrected chi connectivity index (χ1v) is 10.4. The minimum atomic E-state index is -0.619. The number of amides is 1. The van der Waals surface area contributed by atoms with Crippen LogP contribution in [0.4, 0.5) is 5.82 Å². The monoisotopic (exact) mass is 461 g/mol. The first-order valence-electron chi connectivity index (χ1n) is 10.0. The average molecular weight is 462 g/mol. The minimum absolute atomic E-state index is 0.0991. The van der Waals surface area contributed by atoms with E-state index in [9.17, 15) is 9.59 Å². The summed E-state index contributed by atoms with van der Waals surface area (Å²) in [6, 6.07) is 12.9. The van der Waals surface area contributed by atoms with E-state index in [0.717, 1.165) is 23.2 Å². The fourth-order valence-corrected chi connectivity index (χ4v) is 3.81. The van der Waals surface area contributed by atoms with E-state index >= 15 is 0 Å². The molecule has 33 heavy (non-hydrogen) atoms. The number of fused-ring (bicyclic) bond motifs is 2. The second-order valence-electron chi connectivity index (χ2n) is 7.06. The minimum Gasteiger partial charge on any atom is -0.381 e. The largest absolute Gasteiger partial charge is 0.381 e. The maximum atomic E-state index is 12.8. The van der Waals surface area contributed by atoms with E-state index in [1.54, 1.807) is 41.5 Å². The van der Waals surface area contributed by atoms with Crippen LogP contribution in [0.25, 0.3) is 22.1 Å². The molecular weight excluding hydrogens is 442 g/mol. The maximum Gasteiger partial charge on any atom is 0.264 e. The van der Waals surface area contributed by atoms with Crippen LogP contribution >= 0.6 is 11.6 Å². The van der Waals surface area contributed by atoms with Crippen molar-refractivity contribution >= 4 is 39.7 Å². The molecule has 4 aromatic heterocycles. The lowest BCUT2D eigenvalue weighted by atomic mass is 10.1. The first-order chi connectivity index (χ1) is 15.9. The molecule has 0 aliphatic rings. The molecule has 0 spiro atoms. The van der Waals surface area contributed by atoms with Crippen molar-refractivity contribution in [1.82, 2.24) is 24.1 Å². The quantitative estimate of drug-likeness (QED) is 0.424.